The lowest BCUT2D eigenvalue weighted by molar-refractivity contribution is -0.145. The molecule has 3 rings (SSSR count). The highest BCUT2D eigenvalue weighted by molar-refractivity contribution is 8.76. The fourth-order valence-electron chi connectivity index (χ4n) is 5.62. The van der Waals surface area contributed by atoms with Crippen molar-refractivity contribution >= 4 is 74.4 Å². The molecule has 2 atom stereocenters. The van der Waals surface area contributed by atoms with Crippen LogP contribution in [0.4, 0.5) is 0 Å². The van der Waals surface area contributed by atoms with Crippen LogP contribution in [0.3, 0.4) is 0 Å². The predicted octanol–water partition coefficient (Wildman–Crippen LogP) is 0.487. The molecule has 0 aromatic heterocycles. The lowest BCUT2D eigenvalue weighted by atomic mass is 10.1. The minimum atomic E-state index is -1.89. The largest absolute Gasteiger partial charge is 1.00 e. The van der Waals surface area contributed by atoms with E-state index in [0.717, 1.165) is 25.4 Å². The van der Waals surface area contributed by atoms with Crippen molar-refractivity contribution in [2.24, 2.45) is 5.73 Å². The van der Waals surface area contributed by atoms with Gasteiger partial charge in [-0.1, -0.05) is 76.2 Å². The Morgan fingerprint density at radius 1 is 0.722 bits per heavy atom. The molecule has 0 aliphatic rings. The maximum absolute atomic E-state index is 12.8. The van der Waals surface area contributed by atoms with E-state index in [1.54, 1.807) is 13.8 Å². The number of carbonyl (C=O) groups excluding carboxylic acids is 5. The summed E-state index contributed by atoms with van der Waals surface area (Å²) < 4.78 is 9.73. The van der Waals surface area contributed by atoms with Crippen molar-refractivity contribution in [1.29, 1.82) is 0 Å². The molecule has 3 aromatic rings. The molecule has 15 heteroatoms. The second-order valence-corrected chi connectivity index (χ2v) is 18.2. The molecule has 3 amide bonds. The summed E-state index contributed by atoms with van der Waals surface area (Å²) in [6.07, 6.45) is 3.77. The number of unbranched alkanes of at least 4 members (excludes halogenated alkanes) is 2. The number of esters is 2. The molecule has 5 N–H and O–H groups in total. The van der Waals surface area contributed by atoms with Gasteiger partial charge < -0.3 is 48.1 Å². The van der Waals surface area contributed by atoms with Crippen molar-refractivity contribution < 1.29 is 50.4 Å². The molecule has 0 fully saturated rings. The molecule has 11 nitrogen and oxygen atoms in total. The SMILES string of the molecule is CCOC(=O)CNC(=O)C(CSSCC(=O)NCCCCC[P+](c1ccccc1)(c1ccccc1)c1ccccc1)NC(=O)CCC(N)C(=O)OCC.[Br-]. The third-order valence-electron chi connectivity index (χ3n) is 8.23. The maximum atomic E-state index is 12.8. The highest BCUT2D eigenvalue weighted by atomic mass is 79.9. The van der Waals surface area contributed by atoms with Crippen molar-refractivity contribution in [2.45, 2.75) is 58.0 Å². The van der Waals surface area contributed by atoms with Crippen molar-refractivity contribution in [1.82, 2.24) is 16.0 Å². The van der Waals surface area contributed by atoms with Crippen molar-refractivity contribution in [2.75, 3.05) is 44.0 Å². The van der Waals surface area contributed by atoms with Gasteiger partial charge >= 0.3 is 11.9 Å². The Labute approximate surface area is 337 Å². The second kappa shape index (κ2) is 26.4. The average Bonchev–Trinajstić information content (AvgIpc) is 3.18. The first kappa shape index (κ1) is 46.7. The zero-order valence-corrected chi connectivity index (χ0v) is 35.0. The van der Waals surface area contributed by atoms with Crippen molar-refractivity contribution in [3.05, 3.63) is 91.0 Å². The molecule has 0 aliphatic heterocycles. The number of amides is 3. The maximum Gasteiger partial charge on any atom is 0.325 e. The molecular formula is C39H52BrN4O7PS2. The van der Waals surface area contributed by atoms with E-state index in [1.807, 2.05) is 0 Å². The lowest BCUT2D eigenvalue weighted by Gasteiger charge is -2.27. The molecular weight excluding hydrogens is 811 g/mol. The number of benzene rings is 3. The Kier molecular flexibility index (Phi) is 22.8. The molecule has 0 heterocycles. The summed E-state index contributed by atoms with van der Waals surface area (Å²) in [6.45, 7) is 3.87. The first-order chi connectivity index (χ1) is 25.7. The van der Waals surface area contributed by atoms with Gasteiger partial charge in [-0.25, -0.2) is 0 Å². The molecule has 0 aliphatic carbocycles. The van der Waals surface area contributed by atoms with Crippen LogP contribution in [0, 0.1) is 0 Å². The van der Waals surface area contributed by atoms with Crippen LogP contribution in [0.25, 0.3) is 0 Å². The average molecular weight is 864 g/mol. The van der Waals surface area contributed by atoms with E-state index in [4.69, 9.17) is 15.2 Å². The molecule has 294 valence electrons. The Morgan fingerprint density at radius 2 is 1.28 bits per heavy atom. The van der Waals surface area contributed by atoms with Gasteiger partial charge in [-0.2, -0.15) is 0 Å². The summed E-state index contributed by atoms with van der Waals surface area (Å²) in [7, 11) is 0.630. The van der Waals surface area contributed by atoms with E-state index in [0.29, 0.717) is 6.54 Å². The second-order valence-electron chi connectivity index (χ2n) is 12.0. The number of rotatable bonds is 24. The van der Waals surface area contributed by atoms with E-state index in [1.165, 1.54) is 37.5 Å². The summed E-state index contributed by atoms with van der Waals surface area (Å²) in [5, 5.41) is 12.2. The summed E-state index contributed by atoms with van der Waals surface area (Å²) in [4.78, 5) is 61.7. The number of hydrogen-bond donors (Lipinski definition) is 4. The molecule has 3 aromatic carbocycles. The van der Waals surface area contributed by atoms with Gasteiger partial charge in [0.05, 0.1) is 25.1 Å². The van der Waals surface area contributed by atoms with Gasteiger partial charge in [-0.3, -0.25) is 24.0 Å². The molecule has 0 saturated heterocycles. The number of nitrogens with two attached hydrogens (primary N) is 1. The summed E-state index contributed by atoms with van der Waals surface area (Å²) in [6, 6.07) is 30.4. The van der Waals surface area contributed by atoms with Gasteiger partial charge in [0.1, 0.15) is 41.8 Å². The summed E-state index contributed by atoms with van der Waals surface area (Å²) in [5.41, 5.74) is 5.79. The zero-order chi connectivity index (χ0) is 38.3. The smallest absolute Gasteiger partial charge is 0.325 e. The normalized spacial score (nSPS) is 12.0. The van der Waals surface area contributed by atoms with Crippen LogP contribution in [0.2, 0.25) is 0 Å². The van der Waals surface area contributed by atoms with Gasteiger partial charge in [0.25, 0.3) is 0 Å². The number of nitrogens with one attached hydrogen (secondary N) is 3. The molecule has 0 spiro atoms. The highest BCUT2D eigenvalue weighted by Crippen LogP contribution is 2.55. The first-order valence-electron chi connectivity index (χ1n) is 17.9. The van der Waals surface area contributed by atoms with Gasteiger partial charge in [0.15, 0.2) is 0 Å². The van der Waals surface area contributed by atoms with Crippen LogP contribution < -0.4 is 54.6 Å². The van der Waals surface area contributed by atoms with E-state index in [2.05, 4.69) is 107 Å². The van der Waals surface area contributed by atoms with Gasteiger partial charge in [-0.15, -0.1) is 0 Å². The quantitative estimate of drug-likeness (QED) is 0.0432. The monoisotopic (exact) mass is 862 g/mol. The van der Waals surface area contributed by atoms with Gasteiger partial charge in [0, 0.05) is 18.7 Å². The van der Waals surface area contributed by atoms with E-state index in [9.17, 15) is 24.0 Å². The van der Waals surface area contributed by atoms with E-state index in [-0.39, 0.29) is 67.0 Å². The Bertz CT molecular complexity index is 1480. The summed E-state index contributed by atoms with van der Waals surface area (Å²) >= 11 is 0. The molecule has 2 unspecified atom stereocenters. The zero-order valence-electron chi connectivity index (χ0n) is 30.9. The molecule has 0 bridgehead atoms. The molecule has 54 heavy (non-hydrogen) atoms. The standard InChI is InChI=1S/C39H51N4O7PS2.BrH/c1-3-49-37(46)27-42-38(47)34(43-35(44)24-23-33(40)39(48)50-4-2)28-52-53-29-36(45)41-25-15-8-16-26-51(30-17-9-5-10-18-30,31-19-11-6-12-20-31)32-21-13-7-14-22-32;/h5-7,9-14,17-22,33-34H,3-4,8,15-16,23-29,40H2,1-2H3,(H2-,41,42,43,44,45,47);1H. The molecule has 0 saturated carbocycles. The van der Waals surface area contributed by atoms with Crippen molar-refractivity contribution in [3.63, 3.8) is 0 Å². The Hall–Kier alpha value is -3.42. The summed E-state index contributed by atoms with van der Waals surface area (Å²) in [5.74, 6) is -2.09. The van der Waals surface area contributed by atoms with Crippen LogP contribution in [0.1, 0.15) is 46.0 Å². The van der Waals surface area contributed by atoms with Crippen LogP contribution >= 0.6 is 28.9 Å². The van der Waals surface area contributed by atoms with Gasteiger partial charge in [0.2, 0.25) is 17.7 Å². The number of halogens is 1. The fourth-order valence-corrected chi connectivity index (χ4v) is 12.1. The number of carbonyl (C=O) groups is 5. The number of hydrogen-bond acceptors (Lipinski definition) is 10. The third-order valence-corrected chi connectivity index (χ3v) is 15.0. The highest BCUT2D eigenvalue weighted by Gasteiger charge is 2.44. The number of ether oxygens (including phenoxy) is 2. The van der Waals surface area contributed by atoms with Crippen LogP contribution in [0.5, 0.6) is 0 Å². The van der Waals surface area contributed by atoms with E-state index >= 15 is 0 Å². The van der Waals surface area contributed by atoms with Crippen LogP contribution in [-0.2, 0) is 33.4 Å². The lowest BCUT2D eigenvalue weighted by Crippen LogP contribution is -3.00. The van der Waals surface area contributed by atoms with Crippen LogP contribution in [-0.4, -0.2) is 85.7 Å². The minimum Gasteiger partial charge on any atom is -1.00 e. The third kappa shape index (κ3) is 15.7. The van der Waals surface area contributed by atoms with Crippen LogP contribution in [0.15, 0.2) is 91.0 Å². The van der Waals surface area contributed by atoms with Gasteiger partial charge in [-0.05, 0) is 75.9 Å². The first-order valence-corrected chi connectivity index (χ1v) is 22.4. The Morgan fingerprint density at radius 3 is 1.81 bits per heavy atom. The van der Waals surface area contributed by atoms with E-state index < -0.39 is 43.1 Å². The molecule has 0 radical (unpaired) electrons. The Balaban J connectivity index is 0.0000101. The topological polar surface area (TPSA) is 166 Å². The van der Waals surface area contributed by atoms with Crippen molar-refractivity contribution in [3.8, 4) is 0 Å². The minimum absolute atomic E-state index is 0. The predicted molar refractivity (Wildman–Crippen MR) is 217 cm³/mol. The fraction of sp³-hybridized carbons (Fsp3) is 0.410.